The second-order valence-corrected chi connectivity index (χ2v) is 5.68. The molecule has 1 unspecified atom stereocenters. The lowest BCUT2D eigenvalue weighted by Crippen LogP contribution is -2.48. The predicted molar refractivity (Wildman–Crippen MR) is 75.3 cm³/mol. The van der Waals surface area contributed by atoms with Crippen molar-refractivity contribution in [1.29, 1.82) is 0 Å². The number of hydrogen-bond acceptors (Lipinski definition) is 4. The molecule has 0 aliphatic heterocycles. The monoisotopic (exact) mass is 258 g/mol. The molecule has 0 spiro atoms. The van der Waals surface area contributed by atoms with Crippen molar-refractivity contribution in [2.24, 2.45) is 17.6 Å². The third-order valence-corrected chi connectivity index (χ3v) is 3.12. The Labute approximate surface area is 112 Å². The largest absolute Gasteiger partial charge is 0.468 e. The molecule has 4 nitrogen and oxygen atoms in total. The first-order valence-corrected chi connectivity index (χ1v) is 6.94. The highest BCUT2D eigenvalue weighted by molar-refractivity contribution is 5.75. The molecule has 2 N–H and O–H groups in total. The molecular weight excluding hydrogens is 228 g/mol. The average molecular weight is 258 g/mol. The number of ether oxygens (including phenoxy) is 1. The lowest BCUT2D eigenvalue weighted by atomic mass is 10.1. The fourth-order valence-corrected chi connectivity index (χ4v) is 1.80. The van der Waals surface area contributed by atoms with Gasteiger partial charge in [-0.15, -0.1) is 0 Å². The summed E-state index contributed by atoms with van der Waals surface area (Å²) in [6.07, 6.45) is 2.15. The van der Waals surface area contributed by atoms with Crippen molar-refractivity contribution < 1.29 is 9.53 Å². The summed E-state index contributed by atoms with van der Waals surface area (Å²) in [6.45, 7) is 10.9. The third kappa shape index (κ3) is 6.97. The molecule has 0 aliphatic carbocycles. The van der Waals surface area contributed by atoms with Gasteiger partial charge in [0.25, 0.3) is 0 Å². The summed E-state index contributed by atoms with van der Waals surface area (Å²) in [5.41, 5.74) is 5.72. The van der Waals surface area contributed by atoms with E-state index in [1.165, 1.54) is 7.11 Å². The van der Waals surface area contributed by atoms with E-state index in [-0.39, 0.29) is 12.0 Å². The molecule has 0 radical (unpaired) electrons. The van der Waals surface area contributed by atoms with E-state index >= 15 is 0 Å². The van der Waals surface area contributed by atoms with Crippen LogP contribution in [0.25, 0.3) is 0 Å². The Hall–Kier alpha value is -0.610. The molecule has 18 heavy (non-hydrogen) atoms. The molecule has 0 amide bonds. The van der Waals surface area contributed by atoms with E-state index in [9.17, 15) is 4.79 Å². The Morgan fingerprint density at radius 3 is 1.83 bits per heavy atom. The minimum Gasteiger partial charge on any atom is -0.468 e. The van der Waals surface area contributed by atoms with Gasteiger partial charge in [-0.05, 0) is 37.8 Å². The van der Waals surface area contributed by atoms with Gasteiger partial charge in [-0.25, -0.2) is 0 Å². The first-order chi connectivity index (χ1) is 8.42. The number of esters is 1. The van der Waals surface area contributed by atoms with Gasteiger partial charge in [-0.1, -0.05) is 27.7 Å². The van der Waals surface area contributed by atoms with Crippen LogP contribution in [0, 0.1) is 11.8 Å². The van der Waals surface area contributed by atoms with Crippen molar-refractivity contribution in [3.05, 3.63) is 0 Å². The molecule has 0 rings (SSSR count). The highest BCUT2D eigenvalue weighted by Gasteiger charge is 2.25. The zero-order chi connectivity index (χ0) is 14.1. The molecule has 0 saturated carbocycles. The number of hydrogen-bond donors (Lipinski definition) is 1. The van der Waals surface area contributed by atoms with Crippen molar-refractivity contribution in [3.8, 4) is 0 Å². The van der Waals surface area contributed by atoms with Gasteiger partial charge in [0.2, 0.25) is 0 Å². The number of methoxy groups -OCH3 is 1. The summed E-state index contributed by atoms with van der Waals surface area (Å²) in [4.78, 5) is 13.9. The summed E-state index contributed by atoms with van der Waals surface area (Å²) >= 11 is 0. The maximum absolute atomic E-state index is 11.7. The van der Waals surface area contributed by atoms with E-state index in [2.05, 4.69) is 32.6 Å². The van der Waals surface area contributed by atoms with E-state index in [4.69, 9.17) is 10.5 Å². The van der Waals surface area contributed by atoms with Crippen molar-refractivity contribution in [2.75, 3.05) is 26.7 Å². The van der Waals surface area contributed by atoms with E-state index in [0.29, 0.717) is 18.4 Å². The quantitative estimate of drug-likeness (QED) is 0.642. The fraction of sp³-hybridized carbons (Fsp3) is 0.929. The van der Waals surface area contributed by atoms with Crippen LogP contribution >= 0.6 is 0 Å². The average Bonchev–Trinajstić information content (AvgIpc) is 2.31. The maximum Gasteiger partial charge on any atom is 0.324 e. The minimum atomic E-state index is -0.299. The number of carbonyl (C=O) groups excluding carboxylic acids is 1. The van der Waals surface area contributed by atoms with E-state index in [0.717, 1.165) is 25.9 Å². The summed E-state index contributed by atoms with van der Waals surface area (Å²) in [7, 11) is 1.42. The second kappa shape index (κ2) is 9.34. The SMILES string of the molecule is COC(=O)C(CN)N(CCC(C)C)CCC(C)C. The Morgan fingerprint density at radius 2 is 1.56 bits per heavy atom. The Bertz CT molecular complexity index is 218. The van der Waals surface area contributed by atoms with Gasteiger partial charge in [0.15, 0.2) is 0 Å². The summed E-state index contributed by atoms with van der Waals surface area (Å²) in [5, 5.41) is 0. The molecule has 0 saturated heterocycles. The lowest BCUT2D eigenvalue weighted by Gasteiger charge is -2.30. The Kier molecular flexibility index (Phi) is 9.02. The number of nitrogens with two attached hydrogens (primary N) is 1. The Balaban J connectivity index is 4.53. The Morgan fingerprint density at radius 1 is 1.11 bits per heavy atom. The van der Waals surface area contributed by atoms with E-state index in [1.54, 1.807) is 0 Å². The third-order valence-electron chi connectivity index (χ3n) is 3.12. The highest BCUT2D eigenvalue weighted by Crippen LogP contribution is 2.10. The van der Waals surface area contributed by atoms with E-state index in [1.807, 2.05) is 0 Å². The summed E-state index contributed by atoms with van der Waals surface area (Å²) in [5.74, 6) is 1.04. The molecule has 108 valence electrons. The van der Waals surface area contributed by atoms with Gasteiger partial charge in [0.1, 0.15) is 6.04 Å². The predicted octanol–water partition coefficient (Wildman–Crippen LogP) is 1.88. The van der Waals surface area contributed by atoms with Crippen LogP contribution < -0.4 is 5.73 Å². The fourth-order valence-electron chi connectivity index (χ4n) is 1.80. The molecule has 0 aromatic heterocycles. The first kappa shape index (κ1) is 17.4. The minimum absolute atomic E-state index is 0.218. The molecule has 0 bridgehead atoms. The van der Waals surface area contributed by atoms with Crippen LogP contribution in [0.1, 0.15) is 40.5 Å². The van der Waals surface area contributed by atoms with Gasteiger partial charge in [0.05, 0.1) is 7.11 Å². The maximum atomic E-state index is 11.7. The van der Waals surface area contributed by atoms with Crippen LogP contribution in [-0.4, -0.2) is 43.7 Å². The van der Waals surface area contributed by atoms with Gasteiger partial charge >= 0.3 is 5.97 Å². The summed E-state index contributed by atoms with van der Waals surface area (Å²) in [6, 6.07) is -0.299. The van der Waals surface area contributed by atoms with Crippen molar-refractivity contribution in [2.45, 2.75) is 46.6 Å². The molecule has 1 atom stereocenters. The zero-order valence-corrected chi connectivity index (χ0v) is 12.6. The van der Waals surface area contributed by atoms with Gasteiger partial charge in [-0.2, -0.15) is 0 Å². The lowest BCUT2D eigenvalue weighted by molar-refractivity contribution is -0.146. The molecule has 0 aliphatic rings. The number of carbonyl (C=O) groups is 1. The molecule has 0 fully saturated rings. The molecule has 0 aromatic rings. The number of rotatable bonds is 9. The van der Waals surface area contributed by atoms with Gasteiger partial charge < -0.3 is 10.5 Å². The highest BCUT2D eigenvalue weighted by atomic mass is 16.5. The smallest absolute Gasteiger partial charge is 0.324 e. The van der Waals surface area contributed by atoms with Crippen LogP contribution in [-0.2, 0) is 9.53 Å². The van der Waals surface area contributed by atoms with Gasteiger partial charge in [-0.3, -0.25) is 9.69 Å². The van der Waals surface area contributed by atoms with Crippen molar-refractivity contribution >= 4 is 5.97 Å². The second-order valence-electron chi connectivity index (χ2n) is 5.68. The van der Waals surface area contributed by atoms with Crippen LogP contribution in [0.3, 0.4) is 0 Å². The molecule has 0 aromatic carbocycles. The molecular formula is C14H30N2O2. The summed E-state index contributed by atoms with van der Waals surface area (Å²) < 4.78 is 4.84. The standard InChI is InChI=1S/C14H30N2O2/c1-11(2)6-8-16(9-7-12(3)4)13(10-15)14(17)18-5/h11-13H,6-10,15H2,1-5H3. The van der Waals surface area contributed by atoms with Crippen molar-refractivity contribution in [3.63, 3.8) is 0 Å². The first-order valence-electron chi connectivity index (χ1n) is 6.94. The molecule has 4 heteroatoms. The van der Waals surface area contributed by atoms with Crippen LogP contribution in [0.2, 0.25) is 0 Å². The van der Waals surface area contributed by atoms with E-state index < -0.39 is 0 Å². The molecule has 0 heterocycles. The van der Waals surface area contributed by atoms with Crippen molar-refractivity contribution in [1.82, 2.24) is 4.90 Å². The normalized spacial score (nSPS) is 13.4. The topological polar surface area (TPSA) is 55.6 Å². The number of nitrogens with zero attached hydrogens (tertiary/aromatic N) is 1. The van der Waals surface area contributed by atoms with Crippen LogP contribution in [0.5, 0.6) is 0 Å². The van der Waals surface area contributed by atoms with Crippen LogP contribution in [0.15, 0.2) is 0 Å². The van der Waals surface area contributed by atoms with Gasteiger partial charge in [0, 0.05) is 6.54 Å². The van der Waals surface area contributed by atoms with Crippen LogP contribution in [0.4, 0.5) is 0 Å². The zero-order valence-electron chi connectivity index (χ0n) is 12.6.